The summed E-state index contributed by atoms with van der Waals surface area (Å²) in [4.78, 5) is 19.3. The van der Waals surface area contributed by atoms with Gasteiger partial charge in [0.05, 0.1) is 28.5 Å². The molecule has 1 amide bonds. The number of aromatic nitrogens is 1. The Balaban J connectivity index is 1.52. The number of pyridine rings is 1. The second-order valence-electron chi connectivity index (χ2n) is 6.83. The van der Waals surface area contributed by atoms with Gasteiger partial charge in [0.2, 0.25) is 5.91 Å². The Kier molecular flexibility index (Phi) is 5.08. The van der Waals surface area contributed by atoms with Crippen LogP contribution in [0.2, 0.25) is 10.0 Å². The van der Waals surface area contributed by atoms with Crippen molar-refractivity contribution in [2.45, 2.75) is 18.4 Å². The van der Waals surface area contributed by atoms with Crippen molar-refractivity contribution in [3.05, 3.63) is 75.2 Å². The van der Waals surface area contributed by atoms with Crippen LogP contribution in [0, 0.1) is 0 Å². The van der Waals surface area contributed by atoms with Gasteiger partial charge in [-0.15, -0.1) is 0 Å². The van der Waals surface area contributed by atoms with Gasteiger partial charge in [-0.3, -0.25) is 9.78 Å². The monoisotopic (exact) mass is 402 g/mol. The van der Waals surface area contributed by atoms with Crippen LogP contribution in [0.15, 0.2) is 54.0 Å². The fraction of sp³-hybridized carbons (Fsp3) is 0.300. The number of nitrogens with zero attached hydrogens (tertiary/aromatic N) is 2. The summed E-state index contributed by atoms with van der Waals surface area (Å²) < 4.78 is 0. The Labute approximate surface area is 168 Å². The van der Waals surface area contributed by atoms with Gasteiger partial charge in [0.1, 0.15) is 0 Å². The van der Waals surface area contributed by atoms with Crippen LogP contribution in [0.4, 0.5) is 0 Å². The standard InChI is InChI=1S/C20H20Cl2N4O/c21-16-5-1-4-13(18(16)22)14(6-7-23)20(27)26-10-15-17(11-26)25-19(15)12-3-2-8-24-9-12/h1-5,8-9,14,19,25H,6-7,10-11,23H2. The zero-order valence-electron chi connectivity index (χ0n) is 14.7. The minimum Gasteiger partial charge on any atom is -0.376 e. The lowest BCUT2D eigenvalue weighted by atomic mass is 9.93. The van der Waals surface area contributed by atoms with Crippen molar-refractivity contribution in [1.29, 1.82) is 0 Å². The van der Waals surface area contributed by atoms with Crippen molar-refractivity contribution in [2.75, 3.05) is 19.6 Å². The summed E-state index contributed by atoms with van der Waals surface area (Å²) in [6.07, 6.45) is 4.14. The quantitative estimate of drug-likeness (QED) is 0.804. The van der Waals surface area contributed by atoms with E-state index in [1.165, 1.54) is 5.57 Å². The minimum absolute atomic E-state index is 0.0331. The van der Waals surface area contributed by atoms with E-state index in [4.69, 9.17) is 28.9 Å². The molecule has 7 heteroatoms. The van der Waals surface area contributed by atoms with Crippen LogP contribution >= 0.6 is 23.2 Å². The molecule has 0 aliphatic carbocycles. The van der Waals surface area contributed by atoms with Crippen LogP contribution in [-0.2, 0) is 4.79 Å². The summed E-state index contributed by atoms with van der Waals surface area (Å²) in [6, 6.07) is 9.50. The maximum atomic E-state index is 13.3. The number of hydrogen-bond acceptors (Lipinski definition) is 4. The average Bonchev–Trinajstić information content (AvgIpc) is 3.00. The SMILES string of the molecule is NCCC(C(=O)N1CC2=C(C1)C(c1cccnc1)N2)c1cccc(Cl)c1Cl. The molecule has 2 aliphatic heterocycles. The normalized spacial score (nSPS) is 19.4. The molecule has 0 radical (unpaired) electrons. The Morgan fingerprint density at radius 3 is 2.89 bits per heavy atom. The third kappa shape index (κ3) is 3.31. The van der Waals surface area contributed by atoms with Crippen molar-refractivity contribution >= 4 is 29.1 Å². The molecule has 3 heterocycles. The fourth-order valence-corrected chi connectivity index (χ4v) is 4.25. The summed E-state index contributed by atoms with van der Waals surface area (Å²) in [5.74, 6) is -0.359. The highest BCUT2D eigenvalue weighted by Gasteiger charge is 2.40. The van der Waals surface area contributed by atoms with Gasteiger partial charge in [-0.25, -0.2) is 0 Å². The number of carbonyl (C=O) groups excluding carboxylic acids is 1. The van der Waals surface area contributed by atoms with Gasteiger partial charge in [0, 0.05) is 24.6 Å². The molecule has 0 saturated heterocycles. The number of benzene rings is 1. The number of rotatable bonds is 5. The second-order valence-corrected chi connectivity index (χ2v) is 7.62. The minimum atomic E-state index is -0.392. The first-order valence-electron chi connectivity index (χ1n) is 8.91. The summed E-state index contributed by atoms with van der Waals surface area (Å²) in [7, 11) is 0. The predicted octanol–water partition coefficient (Wildman–Crippen LogP) is 3.26. The van der Waals surface area contributed by atoms with Crippen LogP contribution in [0.5, 0.6) is 0 Å². The molecule has 3 N–H and O–H groups in total. The van der Waals surface area contributed by atoms with Crippen LogP contribution in [0.1, 0.15) is 29.5 Å². The number of hydrogen-bond donors (Lipinski definition) is 2. The number of halogens is 2. The number of carbonyl (C=O) groups is 1. The summed E-state index contributed by atoms with van der Waals surface area (Å²) >= 11 is 12.5. The smallest absolute Gasteiger partial charge is 0.230 e. The summed E-state index contributed by atoms with van der Waals surface area (Å²) in [5.41, 5.74) is 10.0. The highest BCUT2D eigenvalue weighted by molar-refractivity contribution is 6.42. The lowest BCUT2D eigenvalue weighted by molar-refractivity contribution is -0.131. The molecular formula is C20H20Cl2N4O. The zero-order valence-corrected chi connectivity index (χ0v) is 16.2. The molecule has 4 rings (SSSR count). The third-order valence-corrected chi connectivity index (χ3v) is 6.04. The van der Waals surface area contributed by atoms with Gasteiger partial charge in [-0.05, 0) is 41.8 Å². The van der Waals surface area contributed by atoms with Crippen LogP contribution in [0.25, 0.3) is 0 Å². The molecule has 0 saturated carbocycles. The molecule has 1 aromatic heterocycles. The van der Waals surface area contributed by atoms with E-state index >= 15 is 0 Å². The van der Waals surface area contributed by atoms with Gasteiger partial charge < -0.3 is 16.0 Å². The highest BCUT2D eigenvalue weighted by Crippen LogP contribution is 2.39. The molecule has 140 valence electrons. The van der Waals surface area contributed by atoms with Crippen molar-refractivity contribution in [3.63, 3.8) is 0 Å². The lowest BCUT2D eigenvalue weighted by Gasteiger charge is -2.31. The van der Waals surface area contributed by atoms with E-state index in [-0.39, 0.29) is 11.9 Å². The van der Waals surface area contributed by atoms with Gasteiger partial charge in [-0.1, -0.05) is 41.4 Å². The van der Waals surface area contributed by atoms with E-state index in [0.717, 1.165) is 16.8 Å². The molecule has 2 aromatic rings. The van der Waals surface area contributed by atoms with E-state index in [9.17, 15) is 4.79 Å². The lowest BCUT2D eigenvalue weighted by Crippen LogP contribution is -2.35. The molecule has 5 nitrogen and oxygen atoms in total. The molecule has 0 spiro atoms. The first-order chi connectivity index (χ1) is 13.1. The molecule has 2 unspecified atom stereocenters. The maximum absolute atomic E-state index is 13.3. The van der Waals surface area contributed by atoms with Gasteiger partial charge in [0.25, 0.3) is 0 Å². The van der Waals surface area contributed by atoms with Crippen LogP contribution < -0.4 is 11.1 Å². The molecule has 0 fully saturated rings. The number of nitrogens with two attached hydrogens (primary N) is 1. The Bertz CT molecular complexity index is 900. The van der Waals surface area contributed by atoms with E-state index < -0.39 is 5.92 Å². The van der Waals surface area contributed by atoms with E-state index in [0.29, 0.717) is 36.1 Å². The number of amides is 1. The Morgan fingerprint density at radius 1 is 1.30 bits per heavy atom. The van der Waals surface area contributed by atoms with Gasteiger partial charge in [0.15, 0.2) is 0 Å². The summed E-state index contributed by atoms with van der Waals surface area (Å²) in [6.45, 7) is 1.60. The van der Waals surface area contributed by atoms with Gasteiger partial charge in [-0.2, -0.15) is 0 Å². The molecule has 27 heavy (non-hydrogen) atoms. The topological polar surface area (TPSA) is 71.2 Å². The number of nitrogens with one attached hydrogen (secondary N) is 1. The molecular weight excluding hydrogens is 383 g/mol. The van der Waals surface area contributed by atoms with E-state index in [1.54, 1.807) is 12.3 Å². The zero-order chi connectivity index (χ0) is 19.0. The van der Waals surface area contributed by atoms with Crippen molar-refractivity contribution in [2.24, 2.45) is 5.73 Å². The van der Waals surface area contributed by atoms with Crippen molar-refractivity contribution in [1.82, 2.24) is 15.2 Å². The van der Waals surface area contributed by atoms with Crippen molar-refractivity contribution < 1.29 is 4.79 Å². The van der Waals surface area contributed by atoms with Crippen LogP contribution in [0.3, 0.4) is 0 Å². The maximum Gasteiger partial charge on any atom is 0.230 e. The largest absolute Gasteiger partial charge is 0.376 e. The third-order valence-electron chi connectivity index (χ3n) is 5.20. The molecule has 0 bridgehead atoms. The molecule has 2 atom stereocenters. The van der Waals surface area contributed by atoms with E-state index in [2.05, 4.69) is 10.3 Å². The first kappa shape index (κ1) is 18.3. The Morgan fingerprint density at radius 2 is 2.15 bits per heavy atom. The van der Waals surface area contributed by atoms with Crippen LogP contribution in [-0.4, -0.2) is 35.4 Å². The Hall–Kier alpha value is -2.08. The first-order valence-corrected chi connectivity index (χ1v) is 9.67. The van der Waals surface area contributed by atoms with E-state index in [1.807, 2.05) is 35.4 Å². The molecule has 2 aliphatic rings. The highest BCUT2D eigenvalue weighted by atomic mass is 35.5. The summed E-state index contributed by atoms with van der Waals surface area (Å²) in [5, 5.41) is 4.33. The van der Waals surface area contributed by atoms with Gasteiger partial charge >= 0.3 is 0 Å². The average molecular weight is 403 g/mol. The fourth-order valence-electron chi connectivity index (χ4n) is 3.81. The van der Waals surface area contributed by atoms with Crippen molar-refractivity contribution in [3.8, 4) is 0 Å². The molecule has 1 aromatic carbocycles. The predicted molar refractivity (Wildman–Crippen MR) is 107 cm³/mol. The second kappa shape index (κ2) is 7.50.